The van der Waals surface area contributed by atoms with E-state index in [2.05, 4.69) is 14.9 Å². The molecule has 0 aliphatic carbocycles. The number of imidazole rings is 1. The molecule has 0 radical (unpaired) electrons. The molecule has 3 aromatic rings. The Morgan fingerprint density at radius 2 is 1.90 bits per heavy atom. The first-order valence-corrected chi connectivity index (χ1v) is 10.3. The predicted molar refractivity (Wildman–Crippen MR) is 119 cm³/mol. The Hall–Kier alpha value is -3.45. The first kappa shape index (κ1) is 20.8. The molecule has 0 saturated heterocycles. The monoisotopic (exact) mass is 418 g/mol. The fourth-order valence-corrected chi connectivity index (χ4v) is 3.92. The number of carbonyl (C=O) groups is 2. The molecule has 160 valence electrons. The Labute approximate surface area is 181 Å². The molecule has 0 atom stereocenters. The number of benzene rings is 2. The second-order valence-corrected chi connectivity index (χ2v) is 7.65. The summed E-state index contributed by atoms with van der Waals surface area (Å²) < 4.78 is 7.30. The van der Waals surface area contributed by atoms with Crippen LogP contribution in [-0.4, -0.2) is 46.5 Å². The van der Waals surface area contributed by atoms with Gasteiger partial charge in [-0.15, -0.1) is 0 Å². The van der Waals surface area contributed by atoms with Crippen molar-refractivity contribution in [3.05, 3.63) is 71.7 Å². The van der Waals surface area contributed by atoms with Crippen LogP contribution in [0.15, 0.2) is 54.7 Å². The minimum Gasteiger partial charge on any atom is -0.380 e. The predicted octanol–water partition coefficient (Wildman–Crippen LogP) is 3.35. The zero-order chi connectivity index (χ0) is 21.8. The molecule has 1 aliphatic heterocycles. The number of aromatic nitrogens is 2. The third-order valence-electron chi connectivity index (χ3n) is 5.41. The highest BCUT2D eigenvalue weighted by Crippen LogP contribution is 2.25. The lowest BCUT2D eigenvalue weighted by Gasteiger charge is -2.20. The van der Waals surface area contributed by atoms with E-state index in [0.29, 0.717) is 38.2 Å². The second kappa shape index (κ2) is 9.14. The molecule has 1 aliphatic rings. The number of hydrogen-bond acceptors (Lipinski definition) is 4. The number of nitrogens with zero attached hydrogens (tertiary/aromatic N) is 3. The van der Waals surface area contributed by atoms with Crippen LogP contribution in [-0.2, 0) is 29.1 Å². The topological polar surface area (TPSA) is 76.5 Å². The Morgan fingerprint density at radius 1 is 1.10 bits per heavy atom. The molecule has 2 heterocycles. The van der Waals surface area contributed by atoms with Gasteiger partial charge in [-0.05, 0) is 29.8 Å². The van der Waals surface area contributed by atoms with Crippen LogP contribution in [0.3, 0.4) is 0 Å². The van der Waals surface area contributed by atoms with Crippen molar-refractivity contribution >= 4 is 17.5 Å². The molecule has 0 unspecified atom stereocenters. The van der Waals surface area contributed by atoms with Gasteiger partial charge in [0.05, 0.1) is 18.5 Å². The van der Waals surface area contributed by atoms with Gasteiger partial charge in [-0.3, -0.25) is 9.59 Å². The van der Waals surface area contributed by atoms with Gasteiger partial charge >= 0.3 is 0 Å². The summed E-state index contributed by atoms with van der Waals surface area (Å²) in [6.45, 7) is 3.93. The van der Waals surface area contributed by atoms with Gasteiger partial charge in [0, 0.05) is 56.9 Å². The van der Waals surface area contributed by atoms with E-state index in [-0.39, 0.29) is 11.8 Å². The Bertz CT molecular complexity index is 1090. The SMILES string of the molecule is COCc1ccc(C(=O)N2CCc3ncc(-c4cccc(NC(C)=O)c4)n3CC2)cc1. The number of rotatable bonds is 5. The Morgan fingerprint density at radius 3 is 2.65 bits per heavy atom. The summed E-state index contributed by atoms with van der Waals surface area (Å²) in [4.78, 5) is 30.9. The largest absolute Gasteiger partial charge is 0.380 e. The number of carbonyl (C=O) groups excluding carboxylic acids is 2. The number of methoxy groups -OCH3 is 1. The second-order valence-electron chi connectivity index (χ2n) is 7.65. The number of amides is 2. The molecule has 4 rings (SSSR count). The summed E-state index contributed by atoms with van der Waals surface area (Å²) in [5, 5.41) is 2.82. The molecule has 31 heavy (non-hydrogen) atoms. The molecule has 0 saturated carbocycles. The van der Waals surface area contributed by atoms with Crippen LogP contribution < -0.4 is 5.32 Å². The smallest absolute Gasteiger partial charge is 0.253 e. The first-order chi connectivity index (χ1) is 15.0. The van der Waals surface area contributed by atoms with E-state index in [1.54, 1.807) is 7.11 Å². The fraction of sp³-hybridized carbons (Fsp3) is 0.292. The summed E-state index contributed by atoms with van der Waals surface area (Å²) in [6, 6.07) is 15.3. The summed E-state index contributed by atoms with van der Waals surface area (Å²) >= 11 is 0. The third-order valence-corrected chi connectivity index (χ3v) is 5.41. The molecule has 0 bridgehead atoms. The maximum Gasteiger partial charge on any atom is 0.253 e. The van der Waals surface area contributed by atoms with Gasteiger partial charge in [-0.25, -0.2) is 4.98 Å². The Kier molecular flexibility index (Phi) is 6.13. The van der Waals surface area contributed by atoms with Gasteiger partial charge in [-0.2, -0.15) is 0 Å². The van der Waals surface area contributed by atoms with Crippen LogP contribution in [0.25, 0.3) is 11.3 Å². The Balaban J connectivity index is 1.50. The minimum absolute atomic E-state index is 0.0314. The van der Waals surface area contributed by atoms with Crippen molar-refractivity contribution in [1.82, 2.24) is 14.5 Å². The van der Waals surface area contributed by atoms with E-state index in [9.17, 15) is 9.59 Å². The minimum atomic E-state index is -0.103. The van der Waals surface area contributed by atoms with Crippen molar-refractivity contribution in [3.8, 4) is 11.3 Å². The quantitative estimate of drug-likeness (QED) is 0.689. The molecule has 7 nitrogen and oxygen atoms in total. The van der Waals surface area contributed by atoms with Crippen molar-refractivity contribution in [2.45, 2.75) is 26.5 Å². The zero-order valence-electron chi connectivity index (χ0n) is 17.8. The number of nitrogens with one attached hydrogen (secondary N) is 1. The third kappa shape index (κ3) is 4.67. The number of hydrogen-bond donors (Lipinski definition) is 1. The van der Waals surface area contributed by atoms with Crippen molar-refractivity contribution in [1.29, 1.82) is 0 Å². The van der Waals surface area contributed by atoms with Crippen molar-refractivity contribution in [2.24, 2.45) is 0 Å². The summed E-state index contributed by atoms with van der Waals surface area (Å²) in [5.74, 6) is 0.892. The van der Waals surface area contributed by atoms with Gasteiger partial charge in [-0.1, -0.05) is 24.3 Å². The van der Waals surface area contributed by atoms with Gasteiger partial charge in [0.25, 0.3) is 5.91 Å². The molecule has 2 amide bonds. The average molecular weight is 418 g/mol. The van der Waals surface area contributed by atoms with E-state index in [1.807, 2.05) is 59.6 Å². The van der Waals surface area contributed by atoms with Gasteiger partial charge < -0.3 is 19.5 Å². The maximum absolute atomic E-state index is 13.0. The van der Waals surface area contributed by atoms with Crippen molar-refractivity contribution < 1.29 is 14.3 Å². The van der Waals surface area contributed by atoms with Gasteiger partial charge in [0.1, 0.15) is 5.82 Å². The highest BCUT2D eigenvalue weighted by molar-refractivity contribution is 5.94. The van der Waals surface area contributed by atoms with Crippen LogP contribution in [0.4, 0.5) is 5.69 Å². The zero-order valence-corrected chi connectivity index (χ0v) is 17.8. The molecule has 7 heteroatoms. The molecule has 2 aromatic carbocycles. The van der Waals surface area contributed by atoms with E-state index < -0.39 is 0 Å². The number of anilines is 1. The highest BCUT2D eigenvalue weighted by atomic mass is 16.5. The first-order valence-electron chi connectivity index (χ1n) is 10.3. The maximum atomic E-state index is 13.0. The fourth-order valence-electron chi connectivity index (χ4n) is 3.92. The molecule has 1 aromatic heterocycles. The van der Waals surface area contributed by atoms with Gasteiger partial charge in [0.15, 0.2) is 0 Å². The highest BCUT2D eigenvalue weighted by Gasteiger charge is 2.22. The molecule has 1 N–H and O–H groups in total. The van der Waals surface area contributed by atoms with E-state index >= 15 is 0 Å². The van der Waals surface area contributed by atoms with Crippen LogP contribution >= 0.6 is 0 Å². The lowest BCUT2D eigenvalue weighted by Crippen LogP contribution is -2.33. The van der Waals surface area contributed by atoms with E-state index in [1.165, 1.54) is 6.92 Å². The number of fused-ring (bicyclic) bond motifs is 1. The van der Waals surface area contributed by atoms with Crippen molar-refractivity contribution in [3.63, 3.8) is 0 Å². The average Bonchev–Trinajstić information content (AvgIpc) is 3.05. The van der Waals surface area contributed by atoms with Crippen LogP contribution in [0, 0.1) is 0 Å². The van der Waals surface area contributed by atoms with Crippen LogP contribution in [0.1, 0.15) is 28.7 Å². The normalized spacial score (nSPS) is 13.4. The van der Waals surface area contributed by atoms with Crippen LogP contribution in [0.2, 0.25) is 0 Å². The van der Waals surface area contributed by atoms with Crippen molar-refractivity contribution in [2.75, 3.05) is 25.5 Å². The molecule has 0 fully saturated rings. The summed E-state index contributed by atoms with van der Waals surface area (Å²) in [7, 11) is 1.66. The number of ether oxygens (including phenoxy) is 1. The standard InChI is InChI=1S/C24H26N4O3/c1-17(29)26-21-5-3-4-20(14-21)22-15-25-23-10-11-27(12-13-28(22)23)24(30)19-8-6-18(7-9-19)16-31-2/h3-9,14-15H,10-13,16H2,1-2H3,(H,26,29). The lowest BCUT2D eigenvalue weighted by atomic mass is 10.1. The van der Waals surface area contributed by atoms with E-state index in [0.717, 1.165) is 28.3 Å². The molecular weight excluding hydrogens is 392 g/mol. The molecule has 0 spiro atoms. The van der Waals surface area contributed by atoms with E-state index in [4.69, 9.17) is 4.74 Å². The van der Waals surface area contributed by atoms with Gasteiger partial charge in [0.2, 0.25) is 5.91 Å². The summed E-state index contributed by atoms with van der Waals surface area (Å²) in [5.41, 5.74) is 4.45. The molecular formula is C24H26N4O3. The summed E-state index contributed by atoms with van der Waals surface area (Å²) in [6.07, 6.45) is 2.56. The van der Waals surface area contributed by atoms with Crippen LogP contribution in [0.5, 0.6) is 0 Å². The lowest BCUT2D eigenvalue weighted by molar-refractivity contribution is -0.114.